The van der Waals surface area contributed by atoms with E-state index in [0.717, 1.165) is 0 Å². The van der Waals surface area contributed by atoms with Crippen LogP contribution in [-0.4, -0.2) is 23.5 Å². The number of carbonyl (C=O) groups excluding carboxylic acids is 1. The number of carboxylic acid groups (broad SMARTS) is 1. The van der Waals surface area contributed by atoms with E-state index >= 15 is 0 Å². The molecule has 1 unspecified atom stereocenters. The number of benzene rings is 2. The average molecular weight is 289 g/mol. The fourth-order valence-electron chi connectivity index (χ4n) is 2.08. The van der Waals surface area contributed by atoms with E-state index in [2.05, 4.69) is 5.32 Å². The van der Waals surface area contributed by atoms with Gasteiger partial charge < -0.3 is 10.4 Å². The van der Waals surface area contributed by atoms with Crippen molar-refractivity contribution in [3.05, 3.63) is 47.8 Å². The molecular weight excluding hydrogens is 273 g/mol. The van der Waals surface area contributed by atoms with Gasteiger partial charge in [0, 0.05) is 17.5 Å². The number of aliphatic carboxylic acids is 1. The molecule has 0 aliphatic heterocycles. The highest BCUT2D eigenvalue weighted by atomic mass is 19.1. The second-order valence-corrected chi connectivity index (χ2v) is 4.92. The zero-order chi connectivity index (χ0) is 15.4. The minimum absolute atomic E-state index is 0.262. The van der Waals surface area contributed by atoms with E-state index in [1.165, 1.54) is 12.1 Å². The number of fused-ring (bicyclic) bond motifs is 1. The molecule has 0 bridgehead atoms. The number of rotatable bonds is 5. The largest absolute Gasteiger partial charge is 0.481 e. The highest BCUT2D eigenvalue weighted by molar-refractivity contribution is 6.07. The molecule has 0 aliphatic rings. The lowest BCUT2D eigenvalue weighted by Gasteiger charge is -2.10. The first kappa shape index (κ1) is 15.0. The fourth-order valence-corrected chi connectivity index (χ4v) is 2.08. The van der Waals surface area contributed by atoms with Gasteiger partial charge in [0.25, 0.3) is 5.91 Å². The quantitative estimate of drug-likeness (QED) is 0.889. The van der Waals surface area contributed by atoms with Crippen LogP contribution in [0, 0.1) is 11.7 Å². The van der Waals surface area contributed by atoms with Crippen molar-refractivity contribution in [2.24, 2.45) is 5.92 Å². The van der Waals surface area contributed by atoms with E-state index < -0.39 is 11.9 Å². The highest BCUT2D eigenvalue weighted by Crippen LogP contribution is 2.21. The molecule has 0 saturated carbocycles. The van der Waals surface area contributed by atoms with Gasteiger partial charge in [0.15, 0.2) is 0 Å². The van der Waals surface area contributed by atoms with Gasteiger partial charge in [-0.25, -0.2) is 4.39 Å². The first-order chi connectivity index (χ1) is 10.0. The Morgan fingerprint density at radius 2 is 1.86 bits per heavy atom. The van der Waals surface area contributed by atoms with Gasteiger partial charge in [0.05, 0.1) is 5.92 Å². The summed E-state index contributed by atoms with van der Waals surface area (Å²) in [5.41, 5.74) is 0.384. The molecule has 0 aromatic heterocycles. The molecule has 5 heteroatoms. The summed E-state index contributed by atoms with van der Waals surface area (Å²) < 4.78 is 13.7. The monoisotopic (exact) mass is 289 g/mol. The number of amides is 1. The van der Waals surface area contributed by atoms with Crippen molar-refractivity contribution in [2.75, 3.05) is 6.54 Å². The molecule has 0 radical (unpaired) electrons. The Labute approximate surface area is 121 Å². The Kier molecular flexibility index (Phi) is 4.52. The second kappa shape index (κ2) is 6.35. The summed E-state index contributed by atoms with van der Waals surface area (Å²) in [6, 6.07) is 9.46. The lowest BCUT2D eigenvalue weighted by Crippen LogP contribution is -2.27. The number of hydrogen-bond donors (Lipinski definition) is 2. The SMILES string of the molecule is CC(CCNC(=O)c1ccc(F)c2ccccc12)C(=O)O. The Hall–Kier alpha value is -2.43. The van der Waals surface area contributed by atoms with E-state index in [4.69, 9.17) is 5.11 Å². The average Bonchev–Trinajstić information content (AvgIpc) is 2.47. The zero-order valence-electron chi connectivity index (χ0n) is 11.6. The van der Waals surface area contributed by atoms with E-state index in [0.29, 0.717) is 22.8 Å². The molecule has 0 saturated heterocycles. The van der Waals surface area contributed by atoms with Crippen LogP contribution in [0.2, 0.25) is 0 Å². The van der Waals surface area contributed by atoms with Gasteiger partial charge in [0.1, 0.15) is 5.82 Å². The third-order valence-electron chi connectivity index (χ3n) is 3.40. The van der Waals surface area contributed by atoms with E-state index in [1.807, 2.05) is 0 Å². The summed E-state index contributed by atoms with van der Waals surface area (Å²) >= 11 is 0. The first-order valence-corrected chi connectivity index (χ1v) is 6.69. The number of hydrogen-bond acceptors (Lipinski definition) is 2. The predicted octanol–water partition coefficient (Wildman–Crippen LogP) is 2.82. The standard InChI is InChI=1S/C16H16FNO3/c1-10(16(20)21)8-9-18-15(19)13-6-7-14(17)12-5-3-2-4-11(12)13/h2-7,10H,8-9H2,1H3,(H,18,19)(H,20,21). The molecule has 0 heterocycles. The van der Waals surface area contributed by atoms with Crippen LogP contribution in [0.25, 0.3) is 10.8 Å². The minimum Gasteiger partial charge on any atom is -0.481 e. The van der Waals surface area contributed by atoms with Crippen molar-refractivity contribution in [1.82, 2.24) is 5.32 Å². The van der Waals surface area contributed by atoms with Gasteiger partial charge in [-0.3, -0.25) is 9.59 Å². The minimum atomic E-state index is -0.892. The molecule has 21 heavy (non-hydrogen) atoms. The van der Waals surface area contributed by atoms with Gasteiger partial charge in [-0.05, 0) is 23.9 Å². The van der Waals surface area contributed by atoms with Crippen LogP contribution >= 0.6 is 0 Å². The molecule has 0 spiro atoms. The van der Waals surface area contributed by atoms with E-state index in [1.54, 1.807) is 31.2 Å². The summed E-state index contributed by atoms with van der Waals surface area (Å²) in [6.45, 7) is 1.85. The highest BCUT2D eigenvalue weighted by Gasteiger charge is 2.14. The van der Waals surface area contributed by atoms with Gasteiger partial charge in [-0.15, -0.1) is 0 Å². The molecule has 2 aromatic carbocycles. The molecular formula is C16H16FNO3. The van der Waals surface area contributed by atoms with Crippen molar-refractivity contribution in [2.45, 2.75) is 13.3 Å². The summed E-state index contributed by atoms with van der Waals surface area (Å²) in [5.74, 6) is -2.11. The van der Waals surface area contributed by atoms with Gasteiger partial charge in [-0.2, -0.15) is 0 Å². The van der Waals surface area contributed by atoms with Gasteiger partial charge in [0.2, 0.25) is 0 Å². The Bertz CT molecular complexity index is 684. The van der Waals surface area contributed by atoms with Crippen molar-refractivity contribution in [3.63, 3.8) is 0 Å². The predicted molar refractivity (Wildman–Crippen MR) is 77.7 cm³/mol. The fraction of sp³-hybridized carbons (Fsp3) is 0.250. The van der Waals surface area contributed by atoms with Crippen LogP contribution in [0.4, 0.5) is 4.39 Å². The molecule has 2 aromatic rings. The maximum atomic E-state index is 13.7. The van der Waals surface area contributed by atoms with E-state index in [-0.39, 0.29) is 18.3 Å². The number of halogens is 1. The Morgan fingerprint density at radius 3 is 2.52 bits per heavy atom. The van der Waals surface area contributed by atoms with Crippen molar-refractivity contribution in [3.8, 4) is 0 Å². The molecule has 4 nitrogen and oxygen atoms in total. The topological polar surface area (TPSA) is 66.4 Å². The second-order valence-electron chi connectivity index (χ2n) is 4.92. The van der Waals surface area contributed by atoms with Gasteiger partial charge in [-0.1, -0.05) is 31.2 Å². The smallest absolute Gasteiger partial charge is 0.306 e. The van der Waals surface area contributed by atoms with Crippen LogP contribution < -0.4 is 5.32 Å². The molecule has 0 aliphatic carbocycles. The number of nitrogens with one attached hydrogen (secondary N) is 1. The number of carbonyl (C=O) groups is 2. The first-order valence-electron chi connectivity index (χ1n) is 6.69. The summed E-state index contributed by atoms with van der Waals surface area (Å²) in [4.78, 5) is 22.8. The molecule has 1 amide bonds. The lowest BCUT2D eigenvalue weighted by atomic mass is 10.0. The van der Waals surface area contributed by atoms with Gasteiger partial charge >= 0.3 is 5.97 Å². The normalized spacial score (nSPS) is 12.1. The van der Waals surface area contributed by atoms with Crippen molar-refractivity contribution < 1.29 is 19.1 Å². The molecule has 0 fully saturated rings. The summed E-state index contributed by atoms with van der Waals surface area (Å²) in [5, 5.41) is 12.4. The van der Waals surface area contributed by atoms with Crippen LogP contribution in [0.3, 0.4) is 0 Å². The summed E-state index contributed by atoms with van der Waals surface area (Å²) in [7, 11) is 0. The van der Waals surface area contributed by atoms with E-state index in [9.17, 15) is 14.0 Å². The third kappa shape index (κ3) is 3.37. The van der Waals surface area contributed by atoms with Crippen LogP contribution in [0.15, 0.2) is 36.4 Å². The Balaban J connectivity index is 2.13. The molecule has 2 N–H and O–H groups in total. The Morgan fingerprint density at radius 1 is 1.19 bits per heavy atom. The maximum absolute atomic E-state index is 13.7. The van der Waals surface area contributed by atoms with Crippen LogP contribution in [0.1, 0.15) is 23.7 Å². The van der Waals surface area contributed by atoms with Crippen molar-refractivity contribution in [1.29, 1.82) is 0 Å². The molecule has 1 atom stereocenters. The van der Waals surface area contributed by atoms with Crippen molar-refractivity contribution >= 4 is 22.6 Å². The molecule has 2 rings (SSSR count). The maximum Gasteiger partial charge on any atom is 0.306 e. The van der Waals surface area contributed by atoms with Crippen LogP contribution in [-0.2, 0) is 4.79 Å². The zero-order valence-corrected chi connectivity index (χ0v) is 11.6. The number of carboxylic acids is 1. The van der Waals surface area contributed by atoms with Crippen LogP contribution in [0.5, 0.6) is 0 Å². The summed E-state index contributed by atoms with van der Waals surface area (Å²) in [6.07, 6.45) is 0.347. The third-order valence-corrected chi connectivity index (χ3v) is 3.40. The molecule has 110 valence electrons. The lowest BCUT2D eigenvalue weighted by molar-refractivity contribution is -0.141.